The Morgan fingerprint density at radius 2 is 1.70 bits per heavy atom. The third kappa shape index (κ3) is 5.44. The van der Waals surface area contributed by atoms with Gasteiger partial charge in [0, 0.05) is 6.54 Å². The third-order valence-corrected chi connectivity index (χ3v) is 3.76. The van der Waals surface area contributed by atoms with Crippen LogP contribution in [0.25, 0.3) is 0 Å². The highest BCUT2D eigenvalue weighted by Crippen LogP contribution is 2.24. The van der Waals surface area contributed by atoms with Gasteiger partial charge in [0.1, 0.15) is 5.75 Å². The summed E-state index contributed by atoms with van der Waals surface area (Å²) in [6.07, 6.45) is 1.90. The molecular weight excluding hydrogens is 286 g/mol. The number of carbonyl (C=O) groups excluding carboxylic acids is 1. The first kappa shape index (κ1) is 17.1. The van der Waals surface area contributed by atoms with E-state index < -0.39 is 0 Å². The second kappa shape index (κ2) is 8.37. The largest absolute Gasteiger partial charge is 0.483 e. The Labute approximate surface area is 138 Å². The van der Waals surface area contributed by atoms with Crippen molar-refractivity contribution in [1.82, 2.24) is 5.32 Å². The predicted octanol–water partition coefficient (Wildman–Crippen LogP) is 3.74. The van der Waals surface area contributed by atoms with E-state index in [9.17, 15) is 4.79 Å². The van der Waals surface area contributed by atoms with Gasteiger partial charge in [-0.2, -0.15) is 0 Å². The van der Waals surface area contributed by atoms with Crippen LogP contribution >= 0.6 is 0 Å². The van der Waals surface area contributed by atoms with Crippen molar-refractivity contribution in [3.63, 3.8) is 0 Å². The van der Waals surface area contributed by atoms with E-state index in [0.29, 0.717) is 6.54 Å². The Hall–Kier alpha value is -2.29. The second-order valence-corrected chi connectivity index (χ2v) is 5.96. The SMILES string of the molecule is Cc1cc(C)c(OCC(=O)NCCCc2ccccc2)c(C)c1. The lowest BCUT2D eigenvalue weighted by molar-refractivity contribution is -0.123. The summed E-state index contributed by atoms with van der Waals surface area (Å²) in [4.78, 5) is 11.9. The number of hydrogen-bond donors (Lipinski definition) is 1. The van der Waals surface area contributed by atoms with E-state index in [1.165, 1.54) is 11.1 Å². The summed E-state index contributed by atoms with van der Waals surface area (Å²) in [5.41, 5.74) is 4.64. The van der Waals surface area contributed by atoms with Gasteiger partial charge in [-0.25, -0.2) is 0 Å². The lowest BCUT2D eigenvalue weighted by Gasteiger charge is -2.13. The molecule has 122 valence electrons. The van der Waals surface area contributed by atoms with Crippen LogP contribution in [-0.4, -0.2) is 19.1 Å². The fourth-order valence-electron chi connectivity index (χ4n) is 2.75. The van der Waals surface area contributed by atoms with Crippen molar-refractivity contribution in [2.45, 2.75) is 33.6 Å². The van der Waals surface area contributed by atoms with Crippen LogP contribution in [0.1, 0.15) is 28.7 Å². The normalized spacial score (nSPS) is 10.4. The Bertz CT molecular complexity index is 627. The molecule has 23 heavy (non-hydrogen) atoms. The average molecular weight is 311 g/mol. The molecule has 1 N–H and O–H groups in total. The zero-order chi connectivity index (χ0) is 16.7. The quantitative estimate of drug-likeness (QED) is 0.791. The summed E-state index contributed by atoms with van der Waals surface area (Å²) in [5.74, 6) is 0.743. The van der Waals surface area contributed by atoms with Gasteiger partial charge in [-0.3, -0.25) is 4.79 Å². The summed E-state index contributed by atoms with van der Waals surface area (Å²) in [7, 11) is 0. The van der Waals surface area contributed by atoms with Gasteiger partial charge in [0.05, 0.1) is 0 Å². The van der Waals surface area contributed by atoms with Gasteiger partial charge >= 0.3 is 0 Å². The number of carbonyl (C=O) groups is 1. The van der Waals surface area contributed by atoms with Crippen molar-refractivity contribution in [3.05, 3.63) is 64.7 Å². The molecule has 3 heteroatoms. The van der Waals surface area contributed by atoms with Crippen molar-refractivity contribution in [2.75, 3.05) is 13.2 Å². The molecule has 0 aromatic heterocycles. The van der Waals surface area contributed by atoms with Crippen molar-refractivity contribution >= 4 is 5.91 Å². The van der Waals surface area contributed by atoms with Crippen molar-refractivity contribution in [1.29, 1.82) is 0 Å². The van der Waals surface area contributed by atoms with Crippen LogP contribution in [0.5, 0.6) is 5.75 Å². The summed E-state index contributed by atoms with van der Waals surface area (Å²) in [5, 5.41) is 2.91. The molecule has 0 saturated heterocycles. The van der Waals surface area contributed by atoms with Crippen LogP contribution in [0, 0.1) is 20.8 Å². The Morgan fingerprint density at radius 1 is 1.04 bits per heavy atom. The number of nitrogens with one attached hydrogen (secondary N) is 1. The van der Waals surface area contributed by atoms with Gasteiger partial charge in [0.15, 0.2) is 6.61 Å². The topological polar surface area (TPSA) is 38.3 Å². The van der Waals surface area contributed by atoms with Crippen molar-refractivity contribution in [2.24, 2.45) is 0 Å². The fourth-order valence-corrected chi connectivity index (χ4v) is 2.75. The fraction of sp³-hybridized carbons (Fsp3) is 0.350. The molecule has 2 rings (SSSR count). The third-order valence-electron chi connectivity index (χ3n) is 3.76. The first-order valence-electron chi connectivity index (χ1n) is 8.07. The monoisotopic (exact) mass is 311 g/mol. The van der Waals surface area contributed by atoms with Gasteiger partial charge in [0.2, 0.25) is 0 Å². The number of aryl methyl sites for hydroxylation is 4. The minimum absolute atomic E-state index is 0.0656. The molecule has 0 fully saturated rings. The Morgan fingerprint density at radius 3 is 2.35 bits per heavy atom. The molecule has 0 atom stereocenters. The van der Waals surface area contributed by atoms with Crippen LogP contribution in [0.2, 0.25) is 0 Å². The summed E-state index contributed by atoms with van der Waals surface area (Å²) >= 11 is 0. The standard InChI is InChI=1S/C20H25NO2/c1-15-12-16(2)20(17(3)13-15)23-14-19(22)21-11-7-10-18-8-5-4-6-9-18/h4-6,8-9,12-13H,7,10-11,14H2,1-3H3,(H,21,22). The van der Waals surface area contributed by atoms with E-state index in [4.69, 9.17) is 4.74 Å². The highest BCUT2D eigenvalue weighted by atomic mass is 16.5. The van der Waals surface area contributed by atoms with E-state index in [2.05, 4.69) is 36.5 Å². The predicted molar refractivity (Wildman–Crippen MR) is 93.9 cm³/mol. The van der Waals surface area contributed by atoms with Crippen LogP contribution in [-0.2, 0) is 11.2 Å². The molecule has 0 spiro atoms. The van der Waals surface area contributed by atoms with Gasteiger partial charge < -0.3 is 10.1 Å². The van der Waals surface area contributed by atoms with Crippen LogP contribution in [0.4, 0.5) is 0 Å². The smallest absolute Gasteiger partial charge is 0.257 e. The van der Waals surface area contributed by atoms with Crippen molar-refractivity contribution in [3.8, 4) is 5.75 Å². The Balaban J connectivity index is 1.71. The molecule has 0 radical (unpaired) electrons. The van der Waals surface area contributed by atoms with E-state index in [-0.39, 0.29) is 12.5 Å². The first-order valence-corrected chi connectivity index (χ1v) is 8.07. The van der Waals surface area contributed by atoms with E-state index >= 15 is 0 Å². The lowest BCUT2D eigenvalue weighted by atomic mass is 10.1. The van der Waals surface area contributed by atoms with E-state index in [1.807, 2.05) is 32.0 Å². The van der Waals surface area contributed by atoms with Gasteiger partial charge in [-0.1, -0.05) is 48.0 Å². The molecule has 0 aliphatic rings. The lowest BCUT2D eigenvalue weighted by Crippen LogP contribution is -2.30. The summed E-state index contributed by atoms with van der Waals surface area (Å²) in [6, 6.07) is 14.4. The molecule has 1 amide bonds. The van der Waals surface area contributed by atoms with Gasteiger partial charge in [-0.05, 0) is 50.3 Å². The van der Waals surface area contributed by atoms with Gasteiger partial charge in [0.25, 0.3) is 5.91 Å². The molecule has 0 unspecified atom stereocenters. The molecular formula is C20H25NO2. The zero-order valence-electron chi connectivity index (χ0n) is 14.2. The highest BCUT2D eigenvalue weighted by Gasteiger charge is 2.08. The maximum Gasteiger partial charge on any atom is 0.257 e. The Kier molecular flexibility index (Phi) is 6.21. The molecule has 0 aliphatic heterocycles. The van der Waals surface area contributed by atoms with Crippen LogP contribution in [0.3, 0.4) is 0 Å². The highest BCUT2D eigenvalue weighted by molar-refractivity contribution is 5.77. The maximum absolute atomic E-state index is 11.9. The number of rotatable bonds is 7. The summed E-state index contributed by atoms with van der Waals surface area (Å²) in [6.45, 7) is 6.81. The van der Waals surface area contributed by atoms with Gasteiger partial charge in [-0.15, -0.1) is 0 Å². The maximum atomic E-state index is 11.9. The van der Waals surface area contributed by atoms with E-state index in [0.717, 1.165) is 29.7 Å². The zero-order valence-corrected chi connectivity index (χ0v) is 14.2. The average Bonchev–Trinajstić information content (AvgIpc) is 2.51. The first-order chi connectivity index (χ1) is 11.1. The van der Waals surface area contributed by atoms with Crippen LogP contribution in [0.15, 0.2) is 42.5 Å². The van der Waals surface area contributed by atoms with Crippen LogP contribution < -0.4 is 10.1 Å². The van der Waals surface area contributed by atoms with E-state index in [1.54, 1.807) is 0 Å². The minimum atomic E-state index is -0.0718. The molecule has 2 aromatic rings. The number of hydrogen-bond acceptors (Lipinski definition) is 2. The number of ether oxygens (including phenoxy) is 1. The number of benzene rings is 2. The number of amides is 1. The second-order valence-electron chi connectivity index (χ2n) is 5.96. The molecule has 0 saturated carbocycles. The molecule has 0 bridgehead atoms. The summed E-state index contributed by atoms with van der Waals surface area (Å²) < 4.78 is 5.69. The minimum Gasteiger partial charge on any atom is -0.483 e. The molecule has 0 aliphatic carbocycles. The molecule has 0 heterocycles. The van der Waals surface area contributed by atoms with Crippen molar-refractivity contribution < 1.29 is 9.53 Å². The molecule has 3 nitrogen and oxygen atoms in total. The molecule has 2 aromatic carbocycles.